The minimum atomic E-state index is -3.51. The van der Waals surface area contributed by atoms with Crippen LogP contribution in [0.2, 0.25) is 0 Å². The first-order valence-corrected chi connectivity index (χ1v) is 8.44. The summed E-state index contributed by atoms with van der Waals surface area (Å²) in [4.78, 5) is 0.217. The Kier molecular flexibility index (Phi) is 3.46. The maximum atomic E-state index is 12.2. The van der Waals surface area contributed by atoms with Gasteiger partial charge in [0, 0.05) is 13.1 Å². The smallest absolute Gasteiger partial charge is 0.243 e. The van der Waals surface area contributed by atoms with Gasteiger partial charge in [0.15, 0.2) is 0 Å². The molecule has 0 saturated carbocycles. The highest BCUT2D eigenvalue weighted by Gasteiger charge is 2.30. The van der Waals surface area contributed by atoms with Crippen molar-refractivity contribution >= 4 is 20.6 Å². The molecule has 1 heterocycles. The van der Waals surface area contributed by atoms with E-state index in [1.54, 1.807) is 12.1 Å². The summed E-state index contributed by atoms with van der Waals surface area (Å²) < 4.78 is 44.5. The van der Waals surface area contributed by atoms with Crippen molar-refractivity contribution in [3.63, 3.8) is 0 Å². The van der Waals surface area contributed by atoms with E-state index in [9.17, 15) is 17.5 Å². The maximum Gasteiger partial charge on any atom is 0.243 e. The van der Waals surface area contributed by atoms with Crippen LogP contribution in [0.5, 0.6) is 0 Å². The van der Waals surface area contributed by atoms with Crippen LogP contribution in [0.1, 0.15) is 0 Å². The van der Waals surface area contributed by atoms with Crippen molar-refractivity contribution in [1.29, 1.82) is 0 Å². The molecule has 1 aliphatic rings. The second kappa shape index (κ2) is 4.58. The fourth-order valence-corrected chi connectivity index (χ4v) is 4.55. The summed E-state index contributed by atoms with van der Waals surface area (Å²) in [7, 11) is -6.08. The third-order valence-electron chi connectivity index (χ3n) is 2.66. The zero-order chi connectivity index (χ0) is 12.5. The molecule has 95 valence electrons. The van der Waals surface area contributed by atoms with E-state index in [-0.39, 0.29) is 29.5 Å². The number of sulfonamides is 1. The molecule has 7 heteroatoms. The Morgan fingerprint density at radius 3 is 2.24 bits per heavy atom. The van der Waals surface area contributed by atoms with Crippen LogP contribution in [0, 0.1) is 6.07 Å². The van der Waals surface area contributed by atoms with Crippen molar-refractivity contribution in [3.05, 3.63) is 30.3 Å². The zero-order valence-corrected chi connectivity index (χ0v) is 10.7. The van der Waals surface area contributed by atoms with Gasteiger partial charge in [-0.25, -0.2) is 8.42 Å². The molecular weight excluding hydrogens is 262 g/mol. The summed E-state index contributed by atoms with van der Waals surface area (Å²) in [5.41, 5.74) is 0. The van der Waals surface area contributed by atoms with E-state index in [1.807, 2.05) is 0 Å². The van der Waals surface area contributed by atoms with E-state index in [0.29, 0.717) is 0 Å². The standard InChI is InChI=1S/C10H14NO4S2/c12-16(13)8-6-11(7-9-16)17(14,15)10-4-2-1-3-5-10/h2-5,12-13H,6-9H2. The van der Waals surface area contributed by atoms with Crippen LogP contribution in [0.15, 0.2) is 29.2 Å². The van der Waals surface area contributed by atoms with Crippen LogP contribution in [0.25, 0.3) is 0 Å². The van der Waals surface area contributed by atoms with Crippen molar-refractivity contribution in [3.8, 4) is 0 Å². The third-order valence-corrected chi connectivity index (χ3v) is 6.25. The van der Waals surface area contributed by atoms with Gasteiger partial charge in [-0.15, -0.1) is 0 Å². The van der Waals surface area contributed by atoms with E-state index in [4.69, 9.17) is 0 Å². The average molecular weight is 276 g/mol. The molecule has 0 aromatic heterocycles. The quantitative estimate of drug-likeness (QED) is 0.852. The first kappa shape index (κ1) is 12.8. The summed E-state index contributed by atoms with van der Waals surface area (Å²) in [6, 6.07) is 8.83. The van der Waals surface area contributed by atoms with Gasteiger partial charge < -0.3 is 0 Å². The molecule has 5 nitrogen and oxygen atoms in total. The van der Waals surface area contributed by atoms with Gasteiger partial charge >= 0.3 is 0 Å². The van der Waals surface area contributed by atoms with Gasteiger partial charge in [-0.05, 0) is 18.2 Å². The van der Waals surface area contributed by atoms with Crippen LogP contribution in [-0.4, -0.2) is 46.4 Å². The van der Waals surface area contributed by atoms with Crippen molar-refractivity contribution < 1.29 is 17.5 Å². The fraction of sp³-hybridized carbons (Fsp3) is 0.400. The number of hydrogen-bond acceptors (Lipinski definition) is 4. The van der Waals surface area contributed by atoms with Crippen molar-refractivity contribution in [2.45, 2.75) is 4.90 Å². The highest BCUT2D eigenvalue weighted by molar-refractivity contribution is 8.24. The molecule has 0 unspecified atom stereocenters. The van der Waals surface area contributed by atoms with Crippen molar-refractivity contribution in [1.82, 2.24) is 4.31 Å². The lowest BCUT2D eigenvalue weighted by atomic mass is 10.4. The molecule has 0 bridgehead atoms. The largest absolute Gasteiger partial charge is 0.299 e. The van der Waals surface area contributed by atoms with Gasteiger partial charge in [-0.1, -0.05) is 12.1 Å². The molecule has 1 aromatic rings. The second-order valence-corrected chi connectivity index (χ2v) is 8.21. The predicted molar refractivity (Wildman–Crippen MR) is 66.6 cm³/mol. The van der Waals surface area contributed by atoms with Gasteiger partial charge in [-0.2, -0.15) is 14.9 Å². The molecule has 0 aliphatic carbocycles. The molecule has 1 fully saturated rings. The lowest BCUT2D eigenvalue weighted by molar-refractivity contribution is 0.402. The number of rotatable bonds is 2. The summed E-state index contributed by atoms with van der Waals surface area (Å²) in [6.45, 7) is 0.312. The lowest BCUT2D eigenvalue weighted by Gasteiger charge is -2.40. The van der Waals surface area contributed by atoms with E-state index in [2.05, 4.69) is 6.07 Å². The molecular formula is C10H14NO4S2. The summed E-state index contributed by atoms with van der Waals surface area (Å²) in [5, 5.41) is 0. The zero-order valence-electron chi connectivity index (χ0n) is 9.11. The highest BCUT2D eigenvalue weighted by Crippen LogP contribution is 2.41. The summed E-state index contributed by atoms with van der Waals surface area (Å²) in [6.07, 6.45) is 0. The number of nitrogens with zero attached hydrogens (tertiary/aromatic N) is 1. The Balaban J connectivity index is 2.19. The topological polar surface area (TPSA) is 77.8 Å². The van der Waals surface area contributed by atoms with Crippen LogP contribution in [0.4, 0.5) is 0 Å². The van der Waals surface area contributed by atoms with Gasteiger partial charge in [-0.3, -0.25) is 9.11 Å². The molecule has 0 amide bonds. The first-order valence-electron chi connectivity index (χ1n) is 5.12. The Morgan fingerprint density at radius 1 is 1.18 bits per heavy atom. The summed E-state index contributed by atoms with van der Waals surface area (Å²) >= 11 is 0. The minimum absolute atomic E-state index is 0.116. The molecule has 1 aromatic carbocycles. The molecule has 0 atom stereocenters. The average Bonchev–Trinajstić information content (AvgIpc) is 2.29. The highest BCUT2D eigenvalue weighted by atomic mass is 32.3. The lowest BCUT2D eigenvalue weighted by Crippen LogP contribution is -2.42. The summed E-state index contributed by atoms with van der Waals surface area (Å²) in [5.74, 6) is 0.233. The first-order chi connectivity index (χ1) is 7.92. The fourth-order valence-electron chi connectivity index (χ4n) is 1.64. The Morgan fingerprint density at radius 2 is 1.71 bits per heavy atom. The van der Waals surface area contributed by atoms with Gasteiger partial charge in [0.1, 0.15) is 0 Å². The number of hydrogen-bond donors (Lipinski definition) is 2. The SMILES string of the molecule is O=S(=O)(c1cc[c]cc1)N1CCS(O)(O)CC1. The predicted octanol–water partition coefficient (Wildman–Crippen LogP) is 1.24. The molecule has 1 saturated heterocycles. The molecule has 17 heavy (non-hydrogen) atoms. The Bertz CT molecular complexity index is 476. The second-order valence-electron chi connectivity index (χ2n) is 3.85. The number of benzene rings is 1. The van der Waals surface area contributed by atoms with Crippen molar-refractivity contribution in [2.75, 3.05) is 24.6 Å². The molecule has 0 spiro atoms. The minimum Gasteiger partial charge on any atom is -0.299 e. The third kappa shape index (κ3) is 2.80. The molecule has 2 rings (SSSR count). The van der Waals surface area contributed by atoms with Gasteiger partial charge in [0.2, 0.25) is 10.0 Å². The van der Waals surface area contributed by atoms with Gasteiger partial charge in [0.25, 0.3) is 0 Å². The van der Waals surface area contributed by atoms with Crippen LogP contribution in [-0.2, 0) is 10.0 Å². The normalized spacial score (nSPS) is 23.2. The monoisotopic (exact) mass is 276 g/mol. The molecule has 1 radical (unpaired) electrons. The van der Waals surface area contributed by atoms with E-state index < -0.39 is 20.6 Å². The van der Waals surface area contributed by atoms with E-state index in [0.717, 1.165) is 0 Å². The van der Waals surface area contributed by atoms with Crippen LogP contribution < -0.4 is 0 Å². The maximum absolute atomic E-state index is 12.2. The van der Waals surface area contributed by atoms with E-state index >= 15 is 0 Å². The Labute approximate surface area is 102 Å². The van der Waals surface area contributed by atoms with Crippen LogP contribution >= 0.6 is 10.6 Å². The molecule has 2 N–H and O–H groups in total. The van der Waals surface area contributed by atoms with Gasteiger partial charge in [0.05, 0.1) is 16.4 Å². The molecule has 1 aliphatic heterocycles. The van der Waals surface area contributed by atoms with E-state index in [1.165, 1.54) is 16.4 Å². The van der Waals surface area contributed by atoms with Crippen LogP contribution in [0.3, 0.4) is 0 Å². The Hall–Kier alpha value is -0.600. The van der Waals surface area contributed by atoms with Crippen molar-refractivity contribution in [2.24, 2.45) is 0 Å².